The smallest absolute Gasteiger partial charge is 0.360 e. The molecule has 1 atom stereocenters. The molecule has 7 nitrogen and oxygen atoms in total. The fourth-order valence-electron chi connectivity index (χ4n) is 4.05. The predicted octanol–water partition coefficient (Wildman–Crippen LogP) is 5.24. The van der Waals surface area contributed by atoms with E-state index in [-0.39, 0.29) is 11.3 Å². The Bertz CT molecular complexity index is 1650. The molecule has 0 saturated heterocycles. The molecule has 182 valence electrons. The first-order chi connectivity index (χ1) is 18.0. The Morgan fingerprint density at radius 1 is 0.784 bits per heavy atom. The largest absolute Gasteiger partial charge is 0.448 e. The molecule has 0 radical (unpaired) electrons. The Kier molecular flexibility index (Phi) is 6.59. The van der Waals surface area contributed by atoms with Crippen LogP contribution in [0.25, 0.3) is 27.6 Å². The van der Waals surface area contributed by atoms with Gasteiger partial charge in [-0.2, -0.15) is 9.78 Å². The predicted molar refractivity (Wildman–Crippen MR) is 143 cm³/mol. The maximum absolute atomic E-state index is 13.2. The van der Waals surface area contributed by atoms with Gasteiger partial charge in [-0.3, -0.25) is 9.59 Å². The highest BCUT2D eigenvalue weighted by Crippen LogP contribution is 2.27. The van der Waals surface area contributed by atoms with Gasteiger partial charge >= 0.3 is 5.97 Å². The van der Waals surface area contributed by atoms with Crippen molar-refractivity contribution < 1.29 is 14.3 Å². The van der Waals surface area contributed by atoms with Gasteiger partial charge in [-0.25, -0.2) is 4.79 Å². The molecule has 1 heterocycles. The van der Waals surface area contributed by atoms with Gasteiger partial charge < -0.3 is 10.1 Å². The van der Waals surface area contributed by atoms with Crippen LogP contribution in [0.15, 0.2) is 114 Å². The molecule has 0 bridgehead atoms. The number of benzene rings is 4. The Hall–Kier alpha value is -5.04. The minimum absolute atomic E-state index is 0.0524. The van der Waals surface area contributed by atoms with Gasteiger partial charge in [-0.05, 0) is 36.8 Å². The summed E-state index contributed by atoms with van der Waals surface area (Å²) in [6.07, 6.45) is -1.12. The van der Waals surface area contributed by atoms with Crippen molar-refractivity contribution in [2.45, 2.75) is 13.0 Å². The monoisotopic (exact) mass is 489 g/mol. The lowest BCUT2D eigenvalue weighted by atomic mass is 10.0. The molecular weight excluding hydrogens is 466 g/mol. The first-order valence-corrected chi connectivity index (χ1v) is 11.8. The molecule has 7 heteroatoms. The number of para-hydroxylation sites is 2. The number of esters is 1. The number of carbonyl (C=O) groups is 2. The molecule has 1 unspecified atom stereocenters. The second-order valence-corrected chi connectivity index (χ2v) is 8.40. The van der Waals surface area contributed by atoms with E-state index in [1.165, 1.54) is 11.6 Å². The first-order valence-electron chi connectivity index (χ1n) is 11.8. The van der Waals surface area contributed by atoms with Crippen LogP contribution in [0.5, 0.6) is 0 Å². The third-order valence-electron chi connectivity index (χ3n) is 5.92. The van der Waals surface area contributed by atoms with Gasteiger partial charge in [0.2, 0.25) is 0 Å². The van der Waals surface area contributed by atoms with E-state index in [4.69, 9.17) is 4.74 Å². The van der Waals surface area contributed by atoms with Crippen molar-refractivity contribution in [1.82, 2.24) is 9.78 Å². The average molecular weight is 490 g/mol. The number of anilines is 1. The average Bonchev–Trinajstić information content (AvgIpc) is 2.94. The van der Waals surface area contributed by atoms with Crippen molar-refractivity contribution in [2.75, 3.05) is 5.32 Å². The van der Waals surface area contributed by atoms with Crippen molar-refractivity contribution >= 4 is 28.3 Å². The number of carbonyl (C=O) groups excluding carboxylic acids is 2. The van der Waals surface area contributed by atoms with E-state index in [9.17, 15) is 14.4 Å². The molecule has 37 heavy (non-hydrogen) atoms. The Morgan fingerprint density at radius 3 is 2.11 bits per heavy atom. The SMILES string of the molecule is CC(OC(=O)c1nn(-c2ccccc2)c(=O)c2ccccc12)C(=O)Nc1ccccc1-c1ccccc1. The van der Waals surface area contributed by atoms with E-state index in [1.807, 2.05) is 54.6 Å². The number of nitrogens with one attached hydrogen (secondary N) is 1. The highest BCUT2D eigenvalue weighted by Gasteiger charge is 2.24. The van der Waals surface area contributed by atoms with Crippen molar-refractivity contribution in [3.8, 4) is 16.8 Å². The molecule has 1 amide bonds. The minimum atomic E-state index is -1.12. The van der Waals surface area contributed by atoms with E-state index >= 15 is 0 Å². The number of fused-ring (bicyclic) bond motifs is 1. The van der Waals surface area contributed by atoms with Gasteiger partial charge in [0.1, 0.15) is 0 Å². The van der Waals surface area contributed by atoms with Gasteiger partial charge in [0.15, 0.2) is 11.8 Å². The van der Waals surface area contributed by atoms with Crippen LogP contribution in [0, 0.1) is 0 Å². The third kappa shape index (κ3) is 4.88. The molecular formula is C30H23N3O4. The summed E-state index contributed by atoms with van der Waals surface area (Å²) in [6, 6.07) is 32.6. The van der Waals surface area contributed by atoms with Crippen LogP contribution in [0.2, 0.25) is 0 Å². The van der Waals surface area contributed by atoms with E-state index in [0.29, 0.717) is 22.1 Å². The van der Waals surface area contributed by atoms with Gasteiger partial charge in [0.05, 0.1) is 11.1 Å². The van der Waals surface area contributed by atoms with Crippen LogP contribution in [-0.2, 0) is 9.53 Å². The molecule has 0 fully saturated rings. The fourth-order valence-corrected chi connectivity index (χ4v) is 4.05. The fraction of sp³-hybridized carbons (Fsp3) is 0.0667. The second-order valence-electron chi connectivity index (χ2n) is 8.40. The number of ether oxygens (including phenoxy) is 1. The van der Waals surface area contributed by atoms with Crippen LogP contribution in [0.1, 0.15) is 17.4 Å². The third-order valence-corrected chi connectivity index (χ3v) is 5.92. The summed E-state index contributed by atoms with van der Waals surface area (Å²) in [6.45, 7) is 1.49. The molecule has 5 aromatic rings. The summed E-state index contributed by atoms with van der Waals surface area (Å²) in [5.74, 6) is -1.29. The van der Waals surface area contributed by atoms with Crippen molar-refractivity contribution in [1.29, 1.82) is 0 Å². The van der Waals surface area contributed by atoms with E-state index in [0.717, 1.165) is 11.1 Å². The number of rotatable bonds is 6. The summed E-state index contributed by atoms with van der Waals surface area (Å²) in [5.41, 5.74) is 2.49. The maximum atomic E-state index is 13.2. The van der Waals surface area contributed by atoms with Crippen molar-refractivity contribution in [2.24, 2.45) is 0 Å². The molecule has 0 spiro atoms. The molecule has 0 aliphatic rings. The molecule has 4 aromatic carbocycles. The number of hydrogen-bond acceptors (Lipinski definition) is 5. The highest BCUT2D eigenvalue weighted by atomic mass is 16.5. The summed E-state index contributed by atoms with van der Waals surface area (Å²) < 4.78 is 6.69. The molecule has 0 saturated carbocycles. The zero-order valence-electron chi connectivity index (χ0n) is 20.0. The summed E-state index contributed by atoms with van der Waals surface area (Å²) in [4.78, 5) is 39.3. The molecule has 1 aromatic heterocycles. The number of aromatic nitrogens is 2. The van der Waals surface area contributed by atoms with Crippen molar-refractivity contribution in [3.63, 3.8) is 0 Å². The normalized spacial score (nSPS) is 11.6. The van der Waals surface area contributed by atoms with E-state index in [1.54, 1.807) is 54.6 Å². The number of hydrogen-bond donors (Lipinski definition) is 1. The van der Waals surface area contributed by atoms with Crippen molar-refractivity contribution in [3.05, 3.63) is 125 Å². The maximum Gasteiger partial charge on any atom is 0.360 e. The van der Waals surface area contributed by atoms with Gasteiger partial charge in [-0.15, -0.1) is 0 Å². The van der Waals surface area contributed by atoms with Gasteiger partial charge in [0, 0.05) is 16.6 Å². The van der Waals surface area contributed by atoms with E-state index < -0.39 is 18.0 Å². The Morgan fingerprint density at radius 2 is 1.38 bits per heavy atom. The Balaban J connectivity index is 1.42. The van der Waals surface area contributed by atoms with Gasteiger partial charge in [-0.1, -0.05) is 84.9 Å². The minimum Gasteiger partial charge on any atom is -0.448 e. The van der Waals surface area contributed by atoms with E-state index in [2.05, 4.69) is 10.4 Å². The molecule has 0 aliphatic carbocycles. The van der Waals surface area contributed by atoms with Crippen LogP contribution < -0.4 is 10.9 Å². The van der Waals surface area contributed by atoms with Gasteiger partial charge in [0.25, 0.3) is 11.5 Å². The topological polar surface area (TPSA) is 90.3 Å². The standard InChI is InChI=1S/C30H23N3O4/c1-20(28(34)31-26-19-11-10-16-23(26)21-12-4-2-5-13-21)37-30(36)27-24-17-8-9-18-25(24)29(35)33(32-27)22-14-6-3-7-15-22/h2-20H,1H3,(H,31,34). The molecule has 0 aliphatic heterocycles. The van der Waals surface area contributed by atoms with Crippen LogP contribution in [-0.4, -0.2) is 27.8 Å². The highest BCUT2D eigenvalue weighted by molar-refractivity contribution is 6.04. The lowest BCUT2D eigenvalue weighted by Crippen LogP contribution is -2.31. The number of amides is 1. The van der Waals surface area contributed by atoms with Crippen LogP contribution in [0.3, 0.4) is 0 Å². The summed E-state index contributed by atoms with van der Waals surface area (Å²) in [7, 11) is 0. The lowest BCUT2D eigenvalue weighted by molar-refractivity contribution is -0.123. The first kappa shape index (κ1) is 23.7. The zero-order valence-corrected chi connectivity index (χ0v) is 20.0. The number of nitrogens with zero attached hydrogens (tertiary/aromatic N) is 2. The Labute approximate surface area is 213 Å². The van der Waals surface area contributed by atoms with Crippen LogP contribution >= 0.6 is 0 Å². The summed E-state index contributed by atoms with van der Waals surface area (Å²) >= 11 is 0. The second kappa shape index (κ2) is 10.3. The molecule has 1 N–H and O–H groups in total. The zero-order chi connectivity index (χ0) is 25.8. The molecule has 5 rings (SSSR count). The van der Waals surface area contributed by atoms with Crippen LogP contribution in [0.4, 0.5) is 5.69 Å². The lowest BCUT2D eigenvalue weighted by Gasteiger charge is -2.16. The quantitative estimate of drug-likeness (QED) is 0.330. The summed E-state index contributed by atoms with van der Waals surface area (Å²) in [5, 5.41) is 7.85.